The molecule has 1 N–H and O–H groups in total. The third-order valence-corrected chi connectivity index (χ3v) is 6.68. The first-order chi connectivity index (χ1) is 13.1. The monoisotopic (exact) mass is 395 g/mol. The highest BCUT2D eigenvalue weighted by atomic mass is 32.2. The van der Waals surface area contributed by atoms with E-state index in [9.17, 15) is 4.79 Å². The van der Waals surface area contributed by atoms with Crippen molar-refractivity contribution in [2.24, 2.45) is 5.92 Å². The fourth-order valence-corrected chi connectivity index (χ4v) is 5.05. The van der Waals surface area contributed by atoms with Crippen LogP contribution in [0.1, 0.15) is 34.6 Å². The van der Waals surface area contributed by atoms with Crippen LogP contribution in [0.4, 0.5) is 5.13 Å². The molecule has 27 heavy (non-hydrogen) atoms. The molecule has 0 unspecified atom stereocenters. The van der Waals surface area contributed by atoms with Crippen LogP contribution in [0.25, 0.3) is 0 Å². The Bertz CT molecular complexity index is 935. The van der Waals surface area contributed by atoms with Gasteiger partial charge in [0.05, 0.1) is 0 Å². The Morgan fingerprint density at radius 1 is 1.15 bits per heavy atom. The van der Waals surface area contributed by atoms with Crippen molar-refractivity contribution in [3.8, 4) is 0 Å². The highest BCUT2D eigenvalue weighted by molar-refractivity contribution is 8.00. The first kappa shape index (κ1) is 18.2. The Balaban J connectivity index is 1.31. The lowest BCUT2D eigenvalue weighted by Crippen LogP contribution is -2.14. The molecule has 1 saturated carbocycles. The fraction of sp³-hybridized carbons (Fsp3) is 0.286. The molecule has 138 valence electrons. The second kappa shape index (κ2) is 7.82. The molecule has 1 fully saturated rings. The number of rotatable bonds is 6. The summed E-state index contributed by atoms with van der Waals surface area (Å²) in [5.74, 6) is 1.27. The predicted octanol–water partition coefficient (Wildman–Crippen LogP) is 5.19. The lowest BCUT2D eigenvalue weighted by Gasteiger charge is -2.03. The quantitative estimate of drug-likeness (QED) is 0.461. The summed E-state index contributed by atoms with van der Waals surface area (Å²) in [7, 11) is 0. The maximum absolute atomic E-state index is 12.4. The highest BCUT2D eigenvalue weighted by Crippen LogP contribution is 2.48. The Labute approximate surface area is 167 Å². The molecule has 0 aliphatic heterocycles. The second-order valence-corrected chi connectivity index (χ2v) is 9.21. The van der Waals surface area contributed by atoms with Gasteiger partial charge in [-0.05, 0) is 37.3 Å². The van der Waals surface area contributed by atoms with Crippen LogP contribution in [-0.2, 0) is 10.5 Å². The van der Waals surface area contributed by atoms with Crippen molar-refractivity contribution in [3.63, 3.8) is 0 Å². The van der Waals surface area contributed by atoms with Crippen LogP contribution < -0.4 is 5.32 Å². The zero-order valence-electron chi connectivity index (χ0n) is 15.3. The molecular formula is C21H21N3OS2. The van der Waals surface area contributed by atoms with Gasteiger partial charge in [0.25, 0.3) is 0 Å². The number of hydrogen-bond donors (Lipinski definition) is 1. The van der Waals surface area contributed by atoms with E-state index in [2.05, 4.69) is 59.7 Å². The fourth-order valence-electron chi connectivity index (χ4n) is 3.37. The third-order valence-electron chi connectivity index (χ3n) is 4.64. The van der Waals surface area contributed by atoms with E-state index in [1.807, 2.05) is 18.2 Å². The van der Waals surface area contributed by atoms with Crippen molar-refractivity contribution < 1.29 is 4.79 Å². The molecule has 1 heterocycles. The van der Waals surface area contributed by atoms with Gasteiger partial charge in [-0.1, -0.05) is 82.8 Å². The van der Waals surface area contributed by atoms with Crippen LogP contribution in [0.15, 0.2) is 52.9 Å². The molecule has 0 bridgehead atoms. The lowest BCUT2D eigenvalue weighted by atomic mass is 10.1. The van der Waals surface area contributed by atoms with Gasteiger partial charge in [0, 0.05) is 11.7 Å². The Morgan fingerprint density at radius 2 is 1.89 bits per heavy atom. The van der Waals surface area contributed by atoms with Crippen molar-refractivity contribution in [3.05, 3.63) is 70.8 Å². The number of aryl methyl sites for hydroxylation is 2. The zero-order valence-corrected chi connectivity index (χ0v) is 16.9. The first-order valence-corrected chi connectivity index (χ1v) is 10.8. The number of nitrogens with zero attached hydrogens (tertiary/aromatic N) is 2. The summed E-state index contributed by atoms with van der Waals surface area (Å²) in [6, 6.07) is 16.8. The SMILES string of the molecule is Cc1cc(C)cc(CSc2nnc(NC(=O)[C@@H]3C[C@H]3c3ccccc3)s2)c1. The number of nitrogens with one attached hydrogen (secondary N) is 1. The van der Waals surface area contributed by atoms with Gasteiger partial charge in [-0.3, -0.25) is 4.79 Å². The van der Waals surface area contributed by atoms with E-state index in [0.717, 1.165) is 16.5 Å². The van der Waals surface area contributed by atoms with Crippen LogP contribution >= 0.6 is 23.1 Å². The van der Waals surface area contributed by atoms with E-state index in [0.29, 0.717) is 11.0 Å². The summed E-state index contributed by atoms with van der Waals surface area (Å²) in [5, 5.41) is 11.8. The molecule has 1 amide bonds. The average Bonchev–Trinajstić information content (AvgIpc) is 3.34. The van der Waals surface area contributed by atoms with Gasteiger partial charge in [-0.25, -0.2) is 0 Å². The molecular weight excluding hydrogens is 374 g/mol. The van der Waals surface area contributed by atoms with E-state index in [-0.39, 0.29) is 11.8 Å². The van der Waals surface area contributed by atoms with Crippen molar-refractivity contribution in [1.29, 1.82) is 0 Å². The molecule has 2 atom stereocenters. The zero-order chi connectivity index (χ0) is 18.8. The normalized spacial score (nSPS) is 18.3. The van der Waals surface area contributed by atoms with Gasteiger partial charge in [0.15, 0.2) is 4.34 Å². The Kier molecular flexibility index (Phi) is 5.27. The standard InChI is InChI=1S/C21H21N3OS2/c1-13-8-14(2)10-15(9-13)12-26-21-24-23-20(27-21)22-19(25)18-11-17(18)16-6-4-3-5-7-16/h3-10,17-18H,11-12H2,1-2H3,(H,22,23,25)/t17-,18+/m0/s1. The smallest absolute Gasteiger partial charge is 0.229 e. The predicted molar refractivity (Wildman–Crippen MR) is 111 cm³/mol. The van der Waals surface area contributed by atoms with E-state index >= 15 is 0 Å². The Hall–Kier alpha value is -2.18. The number of carbonyl (C=O) groups is 1. The molecule has 0 radical (unpaired) electrons. The molecule has 1 aromatic heterocycles. The number of benzene rings is 2. The first-order valence-electron chi connectivity index (χ1n) is 8.98. The molecule has 0 spiro atoms. The molecule has 3 aromatic rings. The average molecular weight is 396 g/mol. The molecule has 1 aliphatic rings. The highest BCUT2D eigenvalue weighted by Gasteiger charge is 2.44. The molecule has 4 rings (SSSR count). The van der Waals surface area contributed by atoms with Gasteiger partial charge < -0.3 is 5.32 Å². The summed E-state index contributed by atoms with van der Waals surface area (Å²) >= 11 is 3.09. The summed E-state index contributed by atoms with van der Waals surface area (Å²) in [6.45, 7) is 4.22. The van der Waals surface area contributed by atoms with Crippen molar-refractivity contribution >= 4 is 34.1 Å². The number of carbonyl (C=O) groups excluding carboxylic acids is 1. The van der Waals surface area contributed by atoms with Crippen LogP contribution in [-0.4, -0.2) is 16.1 Å². The lowest BCUT2D eigenvalue weighted by molar-refractivity contribution is -0.117. The van der Waals surface area contributed by atoms with E-state index in [1.165, 1.54) is 33.6 Å². The second-order valence-electron chi connectivity index (χ2n) is 7.01. The van der Waals surface area contributed by atoms with E-state index in [4.69, 9.17) is 0 Å². The van der Waals surface area contributed by atoms with Gasteiger partial charge in [-0.15, -0.1) is 10.2 Å². The largest absolute Gasteiger partial charge is 0.300 e. The third kappa shape index (κ3) is 4.57. The number of hydrogen-bond acceptors (Lipinski definition) is 5. The van der Waals surface area contributed by atoms with Crippen LogP contribution in [0.3, 0.4) is 0 Å². The van der Waals surface area contributed by atoms with Gasteiger partial charge in [-0.2, -0.15) is 0 Å². The van der Waals surface area contributed by atoms with E-state index in [1.54, 1.807) is 11.8 Å². The van der Waals surface area contributed by atoms with Crippen LogP contribution in [0.5, 0.6) is 0 Å². The summed E-state index contributed by atoms with van der Waals surface area (Å²) in [6.07, 6.45) is 0.906. The number of thioether (sulfide) groups is 1. The van der Waals surface area contributed by atoms with Gasteiger partial charge in [0.2, 0.25) is 11.0 Å². The maximum Gasteiger partial charge on any atom is 0.229 e. The topological polar surface area (TPSA) is 54.9 Å². The number of amides is 1. The number of aromatic nitrogens is 2. The minimum atomic E-state index is 0.0441. The molecule has 2 aromatic carbocycles. The van der Waals surface area contributed by atoms with E-state index < -0.39 is 0 Å². The summed E-state index contributed by atoms with van der Waals surface area (Å²) in [4.78, 5) is 12.4. The Morgan fingerprint density at radius 3 is 2.63 bits per heavy atom. The van der Waals surface area contributed by atoms with Crippen molar-refractivity contribution in [2.75, 3.05) is 5.32 Å². The summed E-state index contributed by atoms with van der Waals surface area (Å²) in [5.41, 5.74) is 5.06. The molecule has 4 nitrogen and oxygen atoms in total. The minimum absolute atomic E-state index is 0.0441. The van der Waals surface area contributed by atoms with Crippen molar-refractivity contribution in [2.45, 2.75) is 36.3 Å². The van der Waals surface area contributed by atoms with Crippen molar-refractivity contribution in [1.82, 2.24) is 10.2 Å². The van der Waals surface area contributed by atoms with Gasteiger partial charge in [0.1, 0.15) is 0 Å². The maximum atomic E-state index is 12.4. The van der Waals surface area contributed by atoms with Gasteiger partial charge >= 0.3 is 0 Å². The molecule has 6 heteroatoms. The number of anilines is 1. The van der Waals surface area contributed by atoms with Crippen LogP contribution in [0.2, 0.25) is 0 Å². The molecule has 0 saturated heterocycles. The summed E-state index contributed by atoms with van der Waals surface area (Å²) < 4.78 is 0.875. The van der Waals surface area contributed by atoms with Crippen LogP contribution in [0, 0.1) is 19.8 Å². The molecule has 1 aliphatic carbocycles. The minimum Gasteiger partial charge on any atom is -0.300 e.